The molecule has 0 bridgehead atoms. The molecule has 0 aliphatic heterocycles. The van der Waals surface area contributed by atoms with Gasteiger partial charge in [-0.15, -0.1) is 20.5 Å². The molecule has 0 atom stereocenters. The topological polar surface area (TPSA) is 320 Å². The number of hydrogen-bond donors (Lipinski definition) is 4. The predicted molar refractivity (Wildman–Crippen MR) is 193 cm³/mol. The molecule has 0 fully saturated rings. The van der Waals surface area contributed by atoms with Crippen molar-refractivity contribution in [2.24, 2.45) is 20.5 Å². The van der Waals surface area contributed by atoms with Gasteiger partial charge in [0, 0.05) is 23.5 Å². The largest absolute Gasteiger partial charge is 1.00 e. The van der Waals surface area contributed by atoms with E-state index in [0.717, 1.165) is 17.8 Å². The first-order chi connectivity index (χ1) is 25.8. The smallest absolute Gasteiger partial charge is 0.744 e. The monoisotopic (exact) mass is 883 g/mol. The maximum atomic E-state index is 14.5. The van der Waals surface area contributed by atoms with Gasteiger partial charge < -0.3 is 36.5 Å². The van der Waals surface area contributed by atoms with Crippen LogP contribution in [0.1, 0.15) is 0 Å². The number of nitrogens with two attached hydrogens (primary N) is 2. The average Bonchev–Trinajstić information content (AvgIpc) is 3.09. The number of nitrogens with zero attached hydrogens (tertiary/aromatic N) is 8. The van der Waals surface area contributed by atoms with E-state index in [-0.39, 0.29) is 117 Å². The van der Waals surface area contributed by atoms with E-state index in [0.29, 0.717) is 28.3 Å². The normalized spacial score (nSPS) is 11.8. The van der Waals surface area contributed by atoms with Crippen LogP contribution in [0.2, 0.25) is 0 Å². The molecule has 0 spiro atoms. The molecule has 0 amide bonds. The van der Waals surface area contributed by atoms with Crippen molar-refractivity contribution in [3.8, 4) is 0 Å². The van der Waals surface area contributed by atoms with E-state index >= 15 is 0 Å². The first kappa shape index (κ1) is 51.4. The zero-order chi connectivity index (χ0) is 40.1. The van der Waals surface area contributed by atoms with Crippen molar-refractivity contribution in [3.63, 3.8) is 0 Å². The van der Waals surface area contributed by atoms with Crippen LogP contribution in [0.15, 0.2) is 108 Å². The van der Waals surface area contributed by atoms with Crippen molar-refractivity contribution >= 4 is 95.4 Å². The second-order valence-electron chi connectivity index (χ2n) is 11.8. The number of nitrogens with one attached hydrogen (secondary N) is 2. The second-order valence-corrected chi connectivity index (χ2v) is 15.2. The molecule has 1 heterocycles. The molecule has 5 rings (SSSR count). The Bertz CT molecular complexity index is 2540. The Kier molecular flexibility index (Phi) is 19.2. The molecule has 0 aliphatic rings. The molecule has 5 aromatic rings. The fourth-order valence-electron chi connectivity index (χ4n) is 4.53. The fourth-order valence-corrected chi connectivity index (χ4v) is 6.17. The number of anilines is 6. The standard InChI is InChI=1S/C30H29FN12O9S3.3Na/c1-43(2,3)18-11-8-16(9-12-18)34-29-36-28(31)37-30(38-29)35-17-10-13-22(53-52-51-44)20(14-17)40-42-27-25(32)21(15-24(26(27)33)55(48,49)50)41-39-19-6-4-5-7-23(19)54(45,46)47;;;/h4-15H,32-33H2,1-3H3,(H4-,34,35,36,37,38,44,45,46,47,48,49,50);;;/q;3*+1/p-2. The van der Waals surface area contributed by atoms with Gasteiger partial charge in [0.1, 0.15) is 48.7 Å². The van der Waals surface area contributed by atoms with E-state index in [1.165, 1.54) is 30.3 Å². The summed E-state index contributed by atoms with van der Waals surface area (Å²) >= 11 is 0.389. The van der Waals surface area contributed by atoms with Gasteiger partial charge in [0.2, 0.25) is 11.9 Å². The van der Waals surface area contributed by atoms with Crippen LogP contribution in [0.25, 0.3) is 0 Å². The number of rotatable bonds is 14. The SMILES string of the molecule is C[N+](C)(C)c1ccc(Nc2nc(F)nc(Nc3ccc(SOO[O-])c(N=Nc4c(N)c(N=Nc5ccccc5S(=O)(=O)[O-])cc(S(=O)(=O)[O-])c4N)c3)n2)cc1.[Na+].[Na+].[Na+]. The van der Waals surface area contributed by atoms with Gasteiger partial charge in [-0.3, -0.25) is 9.52 Å². The first-order valence-electron chi connectivity index (χ1n) is 15.0. The van der Waals surface area contributed by atoms with E-state index in [4.69, 9.17) is 11.5 Å². The Balaban J connectivity index is 0.00000387. The average molecular weight is 884 g/mol. The molecule has 0 saturated heterocycles. The fraction of sp³-hybridized carbons (Fsp3) is 0.100. The zero-order valence-corrected chi connectivity index (χ0v) is 39.9. The van der Waals surface area contributed by atoms with E-state index in [2.05, 4.69) is 55.4 Å². The Hall–Kier alpha value is -2.77. The summed E-state index contributed by atoms with van der Waals surface area (Å²) < 4.78 is 90.9. The molecule has 4 aromatic carbocycles. The summed E-state index contributed by atoms with van der Waals surface area (Å²) in [7, 11) is -4.32. The minimum atomic E-state index is -5.31. The van der Waals surface area contributed by atoms with Crippen LogP contribution < -0.4 is 121 Å². The van der Waals surface area contributed by atoms with E-state index in [1.807, 2.05) is 33.3 Å². The summed E-state index contributed by atoms with van der Waals surface area (Å²) in [5.74, 6) is -0.380. The quantitative estimate of drug-likeness (QED) is 0.0120. The molecule has 0 aliphatic carbocycles. The Morgan fingerprint density at radius 3 is 1.84 bits per heavy atom. The summed E-state index contributed by atoms with van der Waals surface area (Å²) in [4.78, 5) is 9.82. The van der Waals surface area contributed by atoms with Crippen molar-refractivity contribution in [3.05, 3.63) is 78.9 Å². The van der Waals surface area contributed by atoms with Crippen LogP contribution >= 0.6 is 12.0 Å². The number of hydrogen-bond acceptors (Lipinski definition) is 21. The molecule has 1 aromatic heterocycles. The molecule has 21 nitrogen and oxygen atoms in total. The third-order valence-electron chi connectivity index (χ3n) is 7.12. The number of quaternary nitrogens is 1. The summed E-state index contributed by atoms with van der Waals surface area (Å²) in [6, 6.07) is 16.8. The molecule has 0 saturated carbocycles. The van der Waals surface area contributed by atoms with Crippen molar-refractivity contribution in [2.75, 3.05) is 43.2 Å². The summed E-state index contributed by atoms with van der Waals surface area (Å²) in [5.41, 5.74) is 11.0. The van der Waals surface area contributed by atoms with Crippen LogP contribution in [-0.4, -0.2) is 62.0 Å². The third-order valence-corrected chi connectivity index (χ3v) is 9.53. The van der Waals surface area contributed by atoms with Crippen LogP contribution in [0.5, 0.6) is 0 Å². The second kappa shape index (κ2) is 21.7. The van der Waals surface area contributed by atoms with E-state index in [1.54, 1.807) is 12.1 Å². The molecule has 58 heavy (non-hydrogen) atoms. The minimum absolute atomic E-state index is 0. The van der Waals surface area contributed by atoms with Crippen LogP contribution in [0.3, 0.4) is 0 Å². The number of benzene rings is 4. The van der Waals surface area contributed by atoms with Gasteiger partial charge in [0.15, 0.2) is 0 Å². The van der Waals surface area contributed by atoms with Crippen LogP contribution in [0, 0.1) is 6.08 Å². The van der Waals surface area contributed by atoms with Gasteiger partial charge in [-0.2, -0.15) is 23.7 Å². The van der Waals surface area contributed by atoms with Gasteiger partial charge >= 0.3 is 94.8 Å². The summed E-state index contributed by atoms with van der Waals surface area (Å²) in [5, 5.41) is 35.1. The minimum Gasteiger partial charge on any atom is -0.744 e. The zero-order valence-electron chi connectivity index (χ0n) is 31.4. The van der Waals surface area contributed by atoms with Gasteiger partial charge in [0.05, 0.1) is 59.2 Å². The van der Waals surface area contributed by atoms with Gasteiger partial charge in [-0.25, -0.2) is 16.8 Å². The van der Waals surface area contributed by atoms with Crippen LogP contribution in [0.4, 0.5) is 67.5 Å². The Morgan fingerprint density at radius 1 is 0.707 bits per heavy atom. The Morgan fingerprint density at radius 2 is 1.26 bits per heavy atom. The number of halogens is 1. The van der Waals surface area contributed by atoms with Crippen molar-refractivity contribution in [2.45, 2.75) is 14.7 Å². The van der Waals surface area contributed by atoms with Gasteiger partial charge in [-0.1, -0.05) is 12.1 Å². The number of azo groups is 2. The maximum absolute atomic E-state index is 14.5. The Labute approximate surface area is 401 Å². The van der Waals surface area contributed by atoms with Gasteiger partial charge in [-0.05, 0) is 48.5 Å². The molecule has 6 N–H and O–H groups in total. The molecular formula is C30H27FN12Na3O9S3+. The molecule has 0 radical (unpaired) electrons. The number of nitrogen functional groups attached to an aromatic ring is 2. The van der Waals surface area contributed by atoms with Crippen molar-refractivity contribution in [1.29, 1.82) is 0 Å². The van der Waals surface area contributed by atoms with Crippen LogP contribution in [-0.2, 0) is 29.6 Å². The molecule has 28 heteroatoms. The number of aromatic nitrogens is 3. The molecule has 0 unspecified atom stereocenters. The third kappa shape index (κ3) is 13.6. The van der Waals surface area contributed by atoms with E-state index in [9.17, 15) is 35.6 Å². The molecule has 288 valence electrons. The maximum Gasteiger partial charge on any atom is 1.00 e. The van der Waals surface area contributed by atoms with Crippen molar-refractivity contribution in [1.82, 2.24) is 19.4 Å². The first-order valence-corrected chi connectivity index (χ1v) is 18.6. The summed E-state index contributed by atoms with van der Waals surface area (Å²) in [6.07, 6.45) is -1.12. The van der Waals surface area contributed by atoms with Crippen molar-refractivity contribution < 1.29 is 134 Å². The molecular weight excluding hydrogens is 857 g/mol. The predicted octanol–water partition coefficient (Wildman–Crippen LogP) is -4.26. The van der Waals surface area contributed by atoms with Gasteiger partial charge in [0.25, 0.3) is 0 Å². The summed E-state index contributed by atoms with van der Waals surface area (Å²) in [6.45, 7) is 0. The van der Waals surface area contributed by atoms with E-state index < -0.39 is 64.5 Å².